The lowest BCUT2D eigenvalue weighted by molar-refractivity contribution is 0.481. The summed E-state index contributed by atoms with van der Waals surface area (Å²) >= 11 is 3.48. The van der Waals surface area contributed by atoms with E-state index in [0.29, 0.717) is 0 Å². The molecule has 0 N–H and O–H groups in total. The molecule has 0 bridgehead atoms. The third kappa shape index (κ3) is 2.94. The first-order valence-electron chi connectivity index (χ1n) is 6.01. The Balaban J connectivity index is 2.23. The van der Waals surface area contributed by atoms with Gasteiger partial charge in [-0.15, -0.1) is 0 Å². The van der Waals surface area contributed by atoms with Crippen LogP contribution in [-0.4, -0.2) is 0 Å². The molecule has 0 unspecified atom stereocenters. The lowest BCUT2D eigenvalue weighted by atomic mass is 10.1. The van der Waals surface area contributed by atoms with Crippen molar-refractivity contribution < 1.29 is 4.74 Å². The van der Waals surface area contributed by atoms with Gasteiger partial charge in [-0.05, 0) is 67.3 Å². The number of aryl methyl sites for hydroxylation is 3. The summed E-state index contributed by atoms with van der Waals surface area (Å²) in [5.74, 6) is 1.78. The molecule has 0 radical (unpaired) electrons. The van der Waals surface area contributed by atoms with Gasteiger partial charge in [0.25, 0.3) is 0 Å². The number of benzene rings is 2. The lowest BCUT2D eigenvalue weighted by Crippen LogP contribution is -1.89. The molecule has 0 aliphatic heterocycles. The van der Waals surface area contributed by atoms with Gasteiger partial charge in [0, 0.05) is 5.33 Å². The molecule has 18 heavy (non-hydrogen) atoms. The van der Waals surface area contributed by atoms with Crippen LogP contribution >= 0.6 is 15.9 Å². The summed E-state index contributed by atoms with van der Waals surface area (Å²) in [6, 6.07) is 12.4. The highest BCUT2D eigenvalue weighted by molar-refractivity contribution is 9.08. The number of hydrogen-bond donors (Lipinski definition) is 0. The molecule has 0 aliphatic rings. The molecule has 94 valence electrons. The van der Waals surface area contributed by atoms with Crippen molar-refractivity contribution in [3.8, 4) is 11.5 Å². The molecule has 2 heteroatoms. The van der Waals surface area contributed by atoms with Gasteiger partial charge in [-0.1, -0.05) is 28.1 Å². The van der Waals surface area contributed by atoms with Crippen LogP contribution in [0.2, 0.25) is 0 Å². The molecule has 0 aliphatic carbocycles. The van der Waals surface area contributed by atoms with Crippen LogP contribution < -0.4 is 4.74 Å². The lowest BCUT2D eigenvalue weighted by Gasteiger charge is -2.10. The van der Waals surface area contributed by atoms with E-state index >= 15 is 0 Å². The Bertz CT molecular complexity index is 561. The average molecular weight is 305 g/mol. The number of alkyl halides is 1. The molecule has 2 aromatic rings. The summed E-state index contributed by atoms with van der Waals surface area (Å²) < 4.78 is 5.88. The van der Waals surface area contributed by atoms with Crippen molar-refractivity contribution in [3.05, 3.63) is 58.7 Å². The fraction of sp³-hybridized carbons (Fsp3) is 0.250. The van der Waals surface area contributed by atoms with E-state index in [1.165, 1.54) is 22.3 Å². The zero-order valence-corrected chi connectivity index (χ0v) is 12.5. The van der Waals surface area contributed by atoms with Crippen molar-refractivity contribution >= 4 is 15.9 Å². The predicted molar refractivity (Wildman–Crippen MR) is 79.8 cm³/mol. The maximum absolute atomic E-state index is 5.88. The normalized spacial score (nSPS) is 10.4. The molecule has 2 rings (SSSR count). The van der Waals surface area contributed by atoms with Gasteiger partial charge in [-0.3, -0.25) is 0 Å². The topological polar surface area (TPSA) is 9.23 Å². The second-order valence-corrected chi connectivity index (χ2v) is 5.13. The number of rotatable bonds is 3. The van der Waals surface area contributed by atoms with E-state index in [1.807, 2.05) is 12.1 Å². The van der Waals surface area contributed by atoms with Crippen LogP contribution in [0, 0.1) is 20.8 Å². The quantitative estimate of drug-likeness (QED) is 0.699. The molecule has 0 amide bonds. The number of hydrogen-bond acceptors (Lipinski definition) is 1. The Morgan fingerprint density at radius 1 is 0.833 bits per heavy atom. The monoisotopic (exact) mass is 304 g/mol. The van der Waals surface area contributed by atoms with Gasteiger partial charge in [0.05, 0.1) is 0 Å². The number of halogens is 1. The molecule has 0 saturated carbocycles. The van der Waals surface area contributed by atoms with E-state index in [-0.39, 0.29) is 0 Å². The zero-order chi connectivity index (χ0) is 13.1. The van der Waals surface area contributed by atoms with E-state index in [4.69, 9.17) is 4.74 Å². The fourth-order valence-corrected chi connectivity index (χ4v) is 2.42. The summed E-state index contributed by atoms with van der Waals surface area (Å²) in [4.78, 5) is 0. The highest BCUT2D eigenvalue weighted by atomic mass is 79.9. The summed E-state index contributed by atoms with van der Waals surface area (Å²) in [7, 11) is 0. The van der Waals surface area contributed by atoms with Crippen molar-refractivity contribution in [2.24, 2.45) is 0 Å². The standard InChI is InChI=1S/C16H17BrO/c1-11-4-6-15(8-12(11)2)18-16-7-5-14(10-17)13(3)9-16/h4-9H,10H2,1-3H3. The first-order chi connectivity index (χ1) is 8.60. The Morgan fingerprint density at radius 2 is 1.44 bits per heavy atom. The van der Waals surface area contributed by atoms with Crippen LogP contribution in [0.4, 0.5) is 0 Å². The van der Waals surface area contributed by atoms with E-state index in [0.717, 1.165) is 16.8 Å². The molecule has 0 atom stereocenters. The molecular weight excluding hydrogens is 288 g/mol. The van der Waals surface area contributed by atoms with Crippen LogP contribution in [0.3, 0.4) is 0 Å². The van der Waals surface area contributed by atoms with Gasteiger partial charge in [0.15, 0.2) is 0 Å². The summed E-state index contributed by atoms with van der Waals surface area (Å²) in [6.45, 7) is 6.30. The van der Waals surface area contributed by atoms with Crippen LogP contribution in [0.25, 0.3) is 0 Å². The fourth-order valence-electron chi connectivity index (χ4n) is 1.80. The molecular formula is C16H17BrO. The Morgan fingerprint density at radius 3 is 2.00 bits per heavy atom. The van der Waals surface area contributed by atoms with Crippen molar-refractivity contribution in [1.82, 2.24) is 0 Å². The van der Waals surface area contributed by atoms with Gasteiger partial charge in [0.2, 0.25) is 0 Å². The molecule has 0 fully saturated rings. The van der Waals surface area contributed by atoms with Gasteiger partial charge in [-0.25, -0.2) is 0 Å². The van der Waals surface area contributed by atoms with E-state index < -0.39 is 0 Å². The minimum atomic E-state index is 0.878. The second kappa shape index (κ2) is 5.57. The smallest absolute Gasteiger partial charge is 0.127 e. The minimum absolute atomic E-state index is 0.878. The third-order valence-electron chi connectivity index (χ3n) is 3.17. The number of ether oxygens (including phenoxy) is 1. The van der Waals surface area contributed by atoms with Crippen LogP contribution in [-0.2, 0) is 5.33 Å². The van der Waals surface area contributed by atoms with Crippen molar-refractivity contribution in [2.75, 3.05) is 0 Å². The average Bonchev–Trinajstić information content (AvgIpc) is 2.34. The SMILES string of the molecule is Cc1ccc(Oc2ccc(CBr)c(C)c2)cc1C. The second-order valence-electron chi connectivity index (χ2n) is 4.57. The van der Waals surface area contributed by atoms with Gasteiger partial charge in [0.1, 0.15) is 11.5 Å². The highest BCUT2D eigenvalue weighted by Crippen LogP contribution is 2.26. The van der Waals surface area contributed by atoms with Crippen LogP contribution in [0.15, 0.2) is 36.4 Å². The first-order valence-corrected chi connectivity index (χ1v) is 7.13. The van der Waals surface area contributed by atoms with Crippen LogP contribution in [0.5, 0.6) is 11.5 Å². The van der Waals surface area contributed by atoms with E-state index in [1.54, 1.807) is 0 Å². The van der Waals surface area contributed by atoms with Gasteiger partial charge in [-0.2, -0.15) is 0 Å². The van der Waals surface area contributed by atoms with Crippen LogP contribution in [0.1, 0.15) is 22.3 Å². The summed E-state index contributed by atoms with van der Waals surface area (Å²) in [5, 5.41) is 0.878. The molecule has 0 spiro atoms. The predicted octanol–water partition coefficient (Wildman–Crippen LogP) is 5.30. The van der Waals surface area contributed by atoms with Crippen molar-refractivity contribution in [3.63, 3.8) is 0 Å². The molecule has 0 saturated heterocycles. The zero-order valence-electron chi connectivity index (χ0n) is 11.0. The Labute approximate surface area is 117 Å². The largest absolute Gasteiger partial charge is 0.457 e. The summed E-state index contributed by atoms with van der Waals surface area (Å²) in [6.07, 6.45) is 0. The first kappa shape index (κ1) is 13.2. The van der Waals surface area contributed by atoms with E-state index in [9.17, 15) is 0 Å². The van der Waals surface area contributed by atoms with Gasteiger partial charge < -0.3 is 4.74 Å². The molecule has 0 heterocycles. The van der Waals surface area contributed by atoms with Crippen molar-refractivity contribution in [2.45, 2.75) is 26.1 Å². The Kier molecular flexibility index (Phi) is 4.07. The molecule has 1 nitrogen and oxygen atoms in total. The molecule has 0 aromatic heterocycles. The minimum Gasteiger partial charge on any atom is -0.457 e. The maximum Gasteiger partial charge on any atom is 0.127 e. The third-order valence-corrected chi connectivity index (χ3v) is 3.78. The van der Waals surface area contributed by atoms with E-state index in [2.05, 4.69) is 61.0 Å². The van der Waals surface area contributed by atoms with Crippen molar-refractivity contribution in [1.29, 1.82) is 0 Å². The highest BCUT2D eigenvalue weighted by Gasteiger charge is 2.02. The van der Waals surface area contributed by atoms with Gasteiger partial charge >= 0.3 is 0 Å². The summed E-state index contributed by atoms with van der Waals surface area (Å²) in [5.41, 5.74) is 5.07. The Hall–Kier alpha value is -1.28. The molecule has 2 aromatic carbocycles. The maximum atomic E-state index is 5.88.